The molecule has 0 spiro atoms. The van der Waals surface area contributed by atoms with Crippen molar-refractivity contribution < 1.29 is 23.4 Å². The summed E-state index contributed by atoms with van der Waals surface area (Å²) < 4.78 is 30.9. The summed E-state index contributed by atoms with van der Waals surface area (Å²) >= 11 is 0. The number of hydrogen-bond acceptors (Lipinski definition) is 4. The van der Waals surface area contributed by atoms with Gasteiger partial charge in [-0.2, -0.15) is 0 Å². The molecule has 5 rings (SSSR count). The van der Waals surface area contributed by atoms with Crippen LogP contribution in [0, 0.1) is 17.7 Å². The molecule has 3 aromatic carbocycles. The molecule has 35 heavy (non-hydrogen) atoms. The second-order valence-electron chi connectivity index (χ2n) is 9.67. The molecule has 1 fully saturated rings. The lowest BCUT2D eigenvalue weighted by atomic mass is 9.81. The molecule has 1 heterocycles. The van der Waals surface area contributed by atoms with E-state index in [1.165, 1.54) is 29.9 Å². The summed E-state index contributed by atoms with van der Waals surface area (Å²) in [4.78, 5) is 12.3. The van der Waals surface area contributed by atoms with E-state index in [0.717, 1.165) is 30.4 Å². The minimum Gasteiger partial charge on any atom is -0.497 e. The van der Waals surface area contributed by atoms with E-state index in [4.69, 9.17) is 14.2 Å². The lowest BCUT2D eigenvalue weighted by Crippen LogP contribution is -2.23. The largest absolute Gasteiger partial charge is 0.497 e. The minimum absolute atomic E-state index is 0.0700. The van der Waals surface area contributed by atoms with Crippen molar-refractivity contribution in [2.45, 2.75) is 44.8 Å². The van der Waals surface area contributed by atoms with Crippen molar-refractivity contribution in [1.29, 1.82) is 0 Å². The van der Waals surface area contributed by atoms with E-state index in [1.807, 2.05) is 31.2 Å². The molecule has 1 aliphatic heterocycles. The predicted molar refractivity (Wildman–Crippen MR) is 133 cm³/mol. The van der Waals surface area contributed by atoms with Gasteiger partial charge in [-0.15, -0.1) is 0 Å². The van der Waals surface area contributed by atoms with Crippen molar-refractivity contribution in [2.24, 2.45) is 11.8 Å². The zero-order chi connectivity index (χ0) is 24.5. The molecule has 3 atom stereocenters. The van der Waals surface area contributed by atoms with Gasteiger partial charge >= 0.3 is 5.97 Å². The zero-order valence-corrected chi connectivity index (χ0v) is 20.4. The quantitative estimate of drug-likeness (QED) is 0.361. The van der Waals surface area contributed by atoms with Crippen molar-refractivity contribution in [3.8, 4) is 16.9 Å². The van der Waals surface area contributed by atoms with Crippen molar-refractivity contribution in [2.75, 3.05) is 14.2 Å². The molecular formula is C30H31FO4. The number of rotatable bonds is 7. The maximum Gasteiger partial charge on any atom is 0.309 e. The molecule has 0 aromatic heterocycles. The highest BCUT2D eigenvalue weighted by molar-refractivity contribution is 5.73. The third-order valence-corrected chi connectivity index (χ3v) is 7.47. The van der Waals surface area contributed by atoms with Crippen LogP contribution in [0.5, 0.6) is 5.75 Å². The summed E-state index contributed by atoms with van der Waals surface area (Å²) in [5.74, 6) is 0.771. The first-order valence-corrected chi connectivity index (χ1v) is 12.2. The number of benzene rings is 3. The van der Waals surface area contributed by atoms with E-state index in [0.29, 0.717) is 23.8 Å². The number of esters is 1. The number of fused-ring (bicyclic) bond motifs is 1. The van der Waals surface area contributed by atoms with E-state index in [9.17, 15) is 9.18 Å². The van der Waals surface area contributed by atoms with Gasteiger partial charge in [0.25, 0.3) is 0 Å². The number of halogens is 1. The molecule has 4 nitrogen and oxygen atoms in total. The van der Waals surface area contributed by atoms with Gasteiger partial charge in [-0.05, 0) is 70.7 Å². The molecule has 0 saturated heterocycles. The number of hydrogen-bond donors (Lipinski definition) is 0. The van der Waals surface area contributed by atoms with Crippen LogP contribution >= 0.6 is 0 Å². The molecule has 0 radical (unpaired) electrons. The predicted octanol–water partition coefficient (Wildman–Crippen LogP) is 6.62. The van der Waals surface area contributed by atoms with Gasteiger partial charge in [-0.1, -0.05) is 49.4 Å². The molecule has 0 N–H and O–H groups in total. The van der Waals surface area contributed by atoms with Crippen molar-refractivity contribution in [3.05, 3.63) is 88.7 Å². The van der Waals surface area contributed by atoms with Crippen LogP contribution in [0.25, 0.3) is 11.1 Å². The van der Waals surface area contributed by atoms with E-state index in [1.54, 1.807) is 19.2 Å². The highest BCUT2D eigenvalue weighted by atomic mass is 19.1. The minimum atomic E-state index is -0.277. The number of carbonyl (C=O) groups is 1. The molecule has 1 unspecified atom stereocenters. The lowest BCUT2D eigenvalue weighted by Gasteiger charge is -2.28. The standard InChI is InChI=1S/C30H31FO4/c1-18(30(32)34-3)29(21-8-9-21)22-10-11-23-17-35-28(15-24(23)14-22)20-6-4-19(5-7-20)26-16-25(33-2)12-13-27(26)31/h4-7,10-14,16,18,21,28-29H,8-9,15,17H2,1-3H3/t18-,28?,29-/m0/s1. The SMILES string of the molecule is COC(=O)[C@@H](C)[C@H](c1ccc2c(c1)CC(c1ccc(-c3cc(OC)ccc3F)cc1)OC2)C1CC1. The van der Waals surface area contributed by atoms with Gasteiger partial charge in [0.2, 0.25) is 0 Å². The summed E-state index contributed by atoms with van der Waals surface area (Å²) in [5, 5.41) is 0. The highest BCUT2D eigenvalue weighted by Gasteiger charge is 2.39. The fourth-order valence-corrected chi connectivity index (χ4v) is 5.33. The Morgan fingerprint density at radius 2 is 1.77 bits per heavy atom. The average Bonchev–Trinajstić information content (AvgIpc) is 3.73. The third kappa shape index (κ3) is 4.83. The Hall–Kier alpha value is -3.18. The third-order valence-electron chi connectivity index (χ3n) is 7.47. The molecule has 1 aliphatic carbocycles. The van der Waals surface area contributed by atoms with Gasteiger partial charge in [0, 0.05) is 12.0 Å². The maximum atomic E-state index is 14.4. The van der Waals surface area contributed by atoms with Crippen molar-refractivity contribution >= 4 is 5.97 Å². The molecule has 0 amide bonds. The Morgan fingerprint density at radius 1 is 1.00 bits per heavy atom. The molecular weight excluding hydrogens is 443 g/mol. The van der Waals surface area contributed by atoms with Crippen molar-refractivity contribution in [3.63, 3.8) is 0 Å². The fraction of sp³-hybridized carbons (Fsp3) is 0.367. The Balaban J connectivity index is 1.37. The molecule has 0 bridgehead atoms. The van der Waals surface area contributed by atoms with Gasteiger partial charge in [0.05, 0.1) is 32.8 Å². The Labute approximate surface area is 206 Å². The number of ether oxygens (including phenoxy) is 3. The van der Waals surface area contributed by atoms with E-state index in [2.05, 4.69) is 18.2 Å². The normalized spacial score (nSPS) is 18.9. The summed E-state index contributed by atoms with van der Waals surface area (Å²) in [6.45, 7) is 2.53. The van der Waals surface area contributed by atoms with Gasteiger partial charge in [0.1, 0.15) is 11.6 Å². The van der Waals surface area contributed by atoms with Crippen LogP contribution in [-0.4, -0.2) is 20.2 Å². The Bertz CT molecular complexity index is 1220. The number of methoxy groups -OCH3 is 2. The highest BCUT2D eigenvalue weighted by Crippen LogP contribution is 2.47. The Kier molecular flexibility index (Phi) is 6.61. The first kappa shape index (κ1) is 23.6. The molecule has 182 valence electrons. The van der Waals surface area contributed by atoms with Crippen LogP contribution in [0.1, 0.15) is 54.0 Å². The maximum absolute atomic E-state index is 14.4. The van der Waals surface area contributed by atoms with Crippen LogP contribution in [0.2, 0.25) is 0 Å². The Morgan fingerprint density at radius 3 is 2.46 bits per heavy atom. The summed E-state index contributed by atoms with van der Waals surface area (Å²) in [6, 6.07) is 19.2. The molecule has 3 aromatic rings. The van der Waals surface area contributed by atoms with Gasteiger partial charge < -0.3 is 14.2 Å². The van der Waals surface area contributed by atoms with E-state index in [-0.39, 0.29) is 29.7 Å². The monoisotopic (exact) mass is 474 g/mol. The fourth-order valence-electron chi connectivity index (χ4n) is 5.33. The summed E-state index contributed by atoms with van der Waals surface area (Å²) in [7, 11) is 3.04. The van der Waals surface area contributed by atoms with Crippen LogP contribution in [0.15, 0.2) is 60.7 Å². The first-order valence-electron chi connectivity index (χ1n) is 12.2. The first-order chi connectivity index (χ1) is 17.0. The van der Waals surface area contributed by atoms with Crippen LogP contribution in [0.4, 0.5) is 4.39 Å². The number of carbonyl (C=O) groups excluding carboxylic acids is 1. The molecule has 1 saturated carbocycles. The zero-order valence-electron chi connectivity index (χ0n) is 20.4. The van der Waals surface area contributed by atoms with Gasteiger partial charge in [-0.25, -0.2) is 4.39 Å². The topological polar surface area (TPSA) is 44.8 Å². The van der Waals surface area contributed by atoms with Gasteiger partial charge in [-0.3, -0.25) is 4.79 Å². The van der Waals surface area contributed by atoms with Crippen molar-refractivity contribution in [1.82, 2.24) is 0 Å². The second kappa shape index (κ2) is 9.82. The van der Waals surface area contributed by atoms with Crippen LogP contribution in [0.3, 0.4) is 0 Å². The van der Waals surface area contributed by atoms with Crippen LogP contribution in [-0.2, 0) is 27.3 Å². The average molecular weight is 475 g/mol. The van der Waals surface area contributed by atoms with Gasteiger partial charge in [0.15, 0.2) is 0 Å². The molecule has 2 aliphatic rings. The summed E-state index contributed by atoms with van der Waals surface area (Å²) in [5.41, 5.74) is 6.06. The van der Waals surface area contributed by atoms with E-state index < -0.39 is 0 Å². The van der Waals surface area contributed by atoms with E-state index >= 15 is 0 Å². The lowest BCUT2D eigenvalue weighted by molar-refractivity contribution is -0.145. The molecule has 5 heteroatoms. The second-order valence-corrected chi connectivity index (χ2v) is 9.67. The van der Waals surface area contributed by atoms with Crippen LogP contribution < -0.4 is 4.74 Å². The smallest absolute Gasteiger partial charge is 0.309 e. The summed E-state index contributed by atoms with van der Waals surface area (Å²) in [6.07, 6.45) is 3.02.